The average molecular weight is 246 g/mol. The quantitative estimate of drug-likeness (QED) is 0.839. The van der Waals surface area contributed by atoms with Gasteiger partial charge in [0.05, 0.1) is 0 Å². The Labute approximate surface area is 107 Å². The Morgan fingerprint density at radius 1 is 1.11 bits per heavy atom. The Balaban J connectivity index is 1.88. The van der Waals surface area contributed by atoms with Crippen LogP contribution in [0.5, 0.6) is 0 Å². The van der Waals surface area contributed by atoms with E-state index in [1.807, 2.05) is 19.1 Å². The van der Waals surface area contributed by atoms with Crippen molar-refractivity contribution in [3.8, 4) is 0 Å². The van der Waals surface area contributed by atoms with Crippen LogP contribution >= 0.6 is 0 Å². The standard InChI is InChI=1S/C14H18N2O2/c1-2-3-13(17)15-11-6-8-12(9-7-11)16-14(18)10-4-5-10/h6-10H,2-5H2,1H3,(H,15,17)(H,16,18). The predicted octanol–water partition coefficient (Wildman–Crippen LogP) is 2.77. The first-order valence-corrected chi connectivity index (χ1v) is 6.40. The zero-order chi connectivity index (χ0) is 13.0. The number of anilines is 2. The summed E-state index contributed by atoms with van der Waals surface area (Å²) in [7, 11) is 0. The van der Waals surface area contributed by atoms with Crippen molar-refractivity contribution in [1.82, 2.24) is 0 Å². The molecule has 0 unspecified atom stereocenters. The van der Waals surface area contributed by atoms with E-state index in [0.717, 1.165) is 30.6 Å². The van der Waals surface area contributed by atoms with Gasteiger partial charge in [-0.3, -0.25) is 9.59 Å². The summed E-state index contributed by atoms with van der Waals surface area (Å²) < 4.78 is 0. The zero-order valence-electron chi connectivity index (χ0n) is 10.5. The first-order chi connectivity index (χ1) is 8.69. The largest absolute Gasteiger partial charge is 0.326 e. The predicted molar refractivity (Wildman–Crippen MR) is 71.3 cm³/mol. The molecule has 0 heterocycles. The van der Waals surface area contributed by atoms with E-state index in [4.69, 9.17) is 0 Å². The first kappa shape index (κ1) is 12.6. The Morgan fingerprint density at radius 2 is 1.67 bits per heavy atom. The zero-order valence-corrected chi connectivity index (χ0v) is 10.5. The van der Waals surface area contributed by atoms with Crippen molar-refractivity contribution in [3.63, 3.8) is 0 Å². The highest BCUT2D eigenvalue weighted by Crippen LogP contribution is 2.30. The van der Waals surface area contributed by atoms with E-state index in [1.165, 1.54) is 0 Å². The minimum atomic E-state index is 0.0206. The molecule has 2 amide bonds. The molecule has 4 heteroatoms. The summed E-state index contributed by atoms with van der Waals surface area (Å²) in [5.41, 5.74) is 1.54. The molecule has 0 aromatic heterocycles. The molecule has 18 heavy (non-hydrogen) atoms. The summed E-state index contributed by atoms with van der Waals surface area (Å²) in [6.07, 6.45) is 3.36. The van der Waals surface area contributed by atoms with Gasteiger partial charge in [-0.05, 0) is 43.5 Å². The molecule has 2 rings (SSSR count). The Hall–Kier alpha value is -1.84. The Kier molecular flexibility index (Phi) is 3.97. The van der Waals surface area contributed by atoms with Crippen LogP contribution in [0.2, 0.25) is 0 Å². The van der Waals surface area contributed by atoms with E-state index in [0.29, 0.717) is 6.42 Å². The first-order valence-electron chi connectivity index (χ1n) is 6.40. The summed E-state index contributed by atoms with van der Waals surface area (Å²) in [5, 5.41) is 5.66. The van der Waals surface area contributed by atoms with Gasteiger partial charge >= 0.3 is 0 Å². The number of carbonyl (C=O) groups is 2. The number of benzene rings is 1. The van der Waals surface area contributed by atoms with Gasteiger partial charge in [0, 0.05) is 23.7 Å². The Bertz CT molecular complexity index is 436. The van der Waals surface area contributed by atoms with Crippen molar-refractivity contribution >= 4 is 23.2 Å². The third-order valence-corrected chi connectivity index (χ3v) is 2.86. The second-order valence-electron chi connectivity index (χ2n) is 4.64. The van der Waals surface area contributed by atoms with E-state index in [1.54, 1.807) is 12.1 Å². The van der Waals surface area contributed by atoms with Gasteiger partial charge in [0.1, 0.15) is 0 Å². The molecule has 4 nitrogen and oxygen atoms in total. The van der Waals surface area contributed by atoms with Crippen LogP contribution in [-0.4, -0.2) is 11.8 Å². The highest BCUT2D eigenvalue weighted by Gasteiger charge is 2.29. The van der Waals surface area contributed by atoms with Crippen LogP contribution < -0.4 is 10.6 Å². The van der Waals surface area contributed by atoms with E-state index in [-0.39, 0.29) is 17.7 Å². The molecule has 2 N–H and O–H groups in total. The van der Waals surface area contributed by atoms with Gasteiger partial charge in [0.2, 0.25) is 11.8 Å². The second kappa shape index (κ2) is 5.67. The molecule has 0 saturated heterocycles. The average Bonchev–Trinajstić information content (AvgIpc) is 3.16. The molecule has 96 valence electrons. The van der Waals surface area contributed by atoms with Gasteiger partial charge in [-0.1, -0.05) is 6.92 Å². The lowest BCUT2D eigenvalue weighted by Crippen LogP contribution is -2.13. The van der Waals surface area contributed by atoms with Crippen LogP contribution in [0.25, 0.3) is 0 Å². The van der Waals surface area contributed by atoms with E-state index < -0.39 is 0 Å². The van der Waals surface area contributed by atoms with Crippen molar-refractivity contribution < 1.29 is 9.59 Å². The summed E-state index contributed by atoms with van der Waals surface area (Å²) in [6.45, 7) is 1.97. The molecular weight excluding hydrogens is 228 g/mol. The maximum absolute atomic E-state index is 11.5. The number of rotatable bonds is 5. The maximum Gasteiger partial charge on any atom is 0.227 e. The highest BCUT2D eigenvalue weighted by molar-refractivity contribution is 5.95. The molecule has 1 aliphatic rings. The summed E-state index contributed by atoms with van der Waals surface area (Å²) in [5.74, 6) is 0.318. The van der Waals surface area contributed by atoms with Crippen LogP contribution in [0, 0.1) is 5.92 Å². The van der Waals surface area contributed by atoms with Gasteiger partial charge < -0.3 is 10.6 Å². The van der Waals surface area contributed by atoms with Gasteiger partial charge in [-0.15, -0.1) is 0 Å². The van der Waals surface area contributed by atoms with E-state index >= 15 is 0 Å². The topological polar surface area (TPSA) is 58.2 Å². The molecule has 0 atom stereocenters. The summed E-state index contributed by atoms with van der Waals surface area (Å²) in [6, 6.07) is 7.22. The fourth-order valence-electron chi connectivity index (χ4n) is 1.68. The van der Waals surface area contributed by atoms with Crippen molar-refractivity contribution in [3.05, 3.63) is 24.3 Å². The van der Waals surface area contributed by atoms with E-state index in [9.17, 15) is 9.59 Å². The monoisotopic (exact) mass is 246 g/mol. The second-order valence-corrected chi connectivity index (χ2v) is 4.64. The maximum atomic E-state index is 11.5. The smallest absolute Gasteiger partial charge is 0.227 e. The van der Waals surface area contributed by atoms with Crippen molar-refractivity contribution in [2.45, 2.75) is 32.6 Å². The van der Waals surface area contributed by atoms with Crippen molar-refractivity contribution in [2.24, 2.45) is 5.92 Å². The Morgan fingerprint density at radius 3 is 2.17 bits per heavy atom. The summed E-state index contributed by atoms with van der Waals surface area (Å²) >= 11 is 0. The van der Waals surface area contributed by atoms with Crippen LogP contribution in [0.15, 0.2) is 24.3 Å². The number of hydrogen-bond acceptors (Lipinski definition) is 2. The molecule has 0 radical (unpaired) electrons. The molecule has 0 aliphatic heterocycles. The highest BCUT2D eigenvalue weighted by atomic mass is 16.2. The van der Waals surface area contributed by atoms with Gasteiger partial charge in [-0.25, -0.2) is 0 Å². The fraction of sp³-hybridized carbons (Fsp3) is 0.429. The molecule has 1 aliphatic carbocycles. The number of amides is 2. The van der Waals surface area contributed by atoms with Gasteiger partial charge in [0.15, 0.2) is 0 Å². The molecule has 1 aromatic rings. The lowest BCUT2D eigenvalue weighted by molar-refractivity contribution is -0.117. The SMILES string of the molecule is CCCC(=O)Nc1ccc(NC(=O)C2CC2)cc1. The fourth-order valence-corrected chi connectivity index (χ4v) is 1.68. The minimum absolute atomic E-state index is 0.0206. The van der Waals surface area contributed by atoms with Crippen LogP contribution in [0.4, 0.5) is 11.4 Å². The van der Waals surface area contributed by atoms with E-state index in [2.05, 4.69) is 10.6 Å². The molecular formula is C14H18N2O2. The van der Waals surface area contributed by atoms with Crippen LogP contribution in [-0.2, 0) is 9.59 Å². The lowest BCUT2D eigenvalue weighted by Gasteiger charge is -2.07. The third kappa shape index (κ3) is 3.58. The van der Waals surface area contributed by atoms with Gasteiger partial charge in [0.25, 0.3) is 0 Å². The minimum Gasteiger partial charge on any atom is -0.326 e. The molecule has 0 bridgehead atoms. The number of nitrogens with one attached hydrogen (secondary N) is 2. The van der Waals surface area contributed by atoms with Gasteiger partial charge in [-0.2, -0.15) is 0 Å². The summed E-state index contributed by atoms with van der Waals surface area (Å²) in [4.78, 5) is 22.9. The normalized spacial score (nSPS) is 14.1. The van der Waals surface area contributed by atoms with Crippen LogP contribution in [0.1, 0.15) is 32.6 Å². The molecule has 0 spiro atoms. The number of hydrogen-bond donors (Lipinski definition) is 2. The van der Waals surface area contributed by atoms with Crippen molar-refractivity contribution in [1.29, 1.82) is 0 Å². The molecule has 1 saturated carbocycles. The van der Waals surface area contributed by atoms with Crippen LogP contribution in [0.3, 0.4) is 0 Å². The van der Waals surface area contributed by atoms with Crippen molar-refractivity contribution in [2.75, 3.05) is 10.6 Å². The molecule has 1 aromatic carbocycles. The molecule has 1 fully saturated rings. The number of carbonyl (C=O) groups excluding carboxylic acids is 2. The lowest BCUT2D eigenvalue weighted by atomic mass is 10.2. The third-order valence-electron chi connectivity index (χ3n) is 2.86.